The molecule has 1 saturated carbocycles. The van der Waals surface area contributed by atoms with Crippen LogP contribution in [0.15, 0.2) is 11.6 Å². The average molecular weight is 205 g/mol. The normalized spacial score (nSPS) is 28.0. The van der Waals surface area contributed by atoms with Gasteiger partial charge in [0, 0.05) is 24.1 Å². The van der Waals surface area contributed by atoms with E-state index < -0.39 is 0 Å². The molecule has 3 rings (SSSR count). The molecule has 0 radical (unpaired) electrons. The molecule has 2 heteroatoms. The zero-order valence-corrected chi connectivity index (χ0v) is 9.30. The minimum absolute atomic E-state index is 0.342. The molecule has 0 atom stereocenters. The number of rotatable bonds is 1. The van der Waals surface area contributed by atoms with Gasteiger partial charge in [0.1, 0.15) is 0 Å². The van der Waals surface area contributed by atoms with Crippen molar-refractivity contribution in [2.24, 2.45) is 5.41 Å². The van der Waals surface area contributed by atoms with Crippen LogP contribution >= 0.6 is 0 Å². The molecule has 0 unspecified atom stereocenters. The SMILES string of the molecule is O=C(C1=CCCCCC1)N1CC2(CC2)C1. The molecule has 2 nitrogen and oxygen atoms in total. The Kier molecular flexibility index (Phi) is 2.11. The third-order valence-electron chi connectivity index (χ3n) is 4.11. The standard InChI is InChI=1S/C13H19NO/c15-12(11-5-3-1-2-4-6-11)14-9-13(10-14)7-8-13/h5H,1-4,6-10H2. The van der Waals surface area contributed by atoms with E-state index in [9.17, 15) is 4.79 Å². The van der Waals surface area contributed by atoms with Crippen molar-refractivity contribution in [1.82, 2.24) is 4.90 Å². The molecule has 2 aliphatic carbocycles. The quantitative estimate of drug-likeness (QED) is 0.644. The molecule has 1 heterocycles. The summed E-state index contributed by atoms with van der Waals surface area (Å²) >= 11 is 0. The maximum absolute atomic E-state index is 12.1. The molecular formula is C13H19NO. The van der Waals surface area contributed by atoms with Crippen LogP contribution in [0.5, 0.6) is 0 Å². The number of carbonyl (C=O) groups is 1. The predicted molar refractivity (Wildman–Crippen MR) is 59.4 cm³/mol. The lowest BCUT2D eigenvalue weighted by Gasteiger charge is -2.40. The second kappa shape index (κ2) is 3.36. The fourth-order valence-corrected chi connectivity index (χ4v) is 2.81. The molecule has 0 aromatic carbocycles. The van der Waals surface area contributed by atoms with Crippen LogP contribution in [0.3, 0.4) is 0 Å². The Hall–Kier alpha value is -0.790. The second-order valence-electron chi connectivity index (χ2n) is 5.49. The number of likely N-dealkylation sites (tertiary alicyclic amines) is 1. The van der Waals surface area contributed by atoms with Crippen LogP contribution < -0.4 is 0 Å². The Morgan fingerprint density at radius 2 is 2.00 bits per heavy atom. The lowest BCUT2D eigenvalue weighted by molar-refractivity contribution is -0.134. The van der Waals surface area contributed by atoms with Gasteiger partial charge in [-0.05, 0) is 38.5 Å². The minimum Gasteiger partial charge on any atom is -0.338 e. The lowest BCUT2D eigenvalue weighted by atomic mass is 9.95. The third-order valence-corrected chi connectivity index (χ3v) is 4.11. The van der Waals surface area contributed by atoms with E-state index in [0.717, 1.165) is 31.5 Å². The summed E-state index contributed by atoms with van der Waals surface area (Å²) < 4.78 is 0. The number of hydrogen-bond acceptors (Lipinski definition) is 1. The van der Waals surface area contributed by atoms with Crippen LogP contribution in [0.2, 0.25) is 0 Å². The third kappa shape index (κ3) is 1.70. The van der Waals surface area contributed by atoms with E-state index in [0.29, 0.717) is 11.3 Å². The molecule has 3 aliphatic rings. The van der Waals surface area contributed by atoms with Gasteiger partial charge >= 0.3 is 0 Å². The number of amides is 1. The smallest absolute Gasteiger partial charge is 0.249 e. The van der Waals surface area contributed by atoms with Crippen LogP contribution in [0.4, 0.5) is 0 Å². The maximum Gasteiger partial charge on any atom is 0.249 e. The molecule has 0 aromatic heterocycles. The number of carbonyl (C=O) groups excluding carboxylic acids is 1. The molecule has 1 amide bonds. The van der Waals surface area contributed by atoms with Crippen LogP contribution in [0, 0.1) is 5.41 Å². The van der Waals surface area contributed by atoms with E-state index in [1.165, 1.54) is 32.1 Å². The van der Waals surface area contributed by atoms with Gasteiger partial charge in [-0.25, -0.2) is 0 Å². The van der Waals surface area contributed by atoms with Crippen LogP contribution in [0.25, 0.3) is 0 Å². The highest BCUT2D eigenvalue weighted by molar-refractivity contribution is 5.94. The Labute approximate surface area is 91.3 Å². The van der Waals surface area contributed by atoms with Crippen molar-refractivity contribution in [1.29, 1.82) is 0 Å². The Balaban J connectivity index is 1.61. The Morgan fingerprint density at radius 1 is 1.20 bits per heavy atom. The fourth-order valence-electron chi connectivity index (χ4n) is 2.81. The van der Waals surface area contributed by atoms with Crippen molar-refractivity contribution in [3.05, 3.63) is 11.6 Å². The van der Waals surface area contributed by atoms with Crippen molar-refractivity contribution >= 4 is 5.91 Å². The molecule has 0 bridgehead atoms. The summed E-state index contributed by atoms with van der Waals surface area (Å²) in [5, 5.41) is 0. The molecule has 82 valence electrons. The highest BCUT2D eigenvalue weighted by atomic mass is 16.2. The van der Waals surface area contributed by atoms with Gasteiger partial charge < -0.3 is 4.90 Å². The van der Waals surface area contributed by atoms with E-state index in [1.807, 2.05) is 0 Å². The van der Waals surface area contributed by atoms with E-state index in [2.05, 4.69) is 11.0 Å². The zero-order chi connectivity index (χ0) is 10.3. The molecule has 1 spiro atoms. The summed E-state index contributed by atoms with van der Waals surface area (Å²) in [4.78, 5) is 14.2. The van der Waals surface area contributed by atoms with Gasteiger partial charge in [0.15, 0.2) is 0 Å². The summed E-state index contributed by atoms with van der Waals surface area (Å²) in [6.07, 6.45) is 10.8. The number of hydrogen-bond donors (Lipinski definition) is 0. The first-order chi connectivity index (χ1) is 7.29. The van der Waals surface area contributed by atoms with Crippen molar-refractivity contribution in [3.63, 3.8) is 0 Å². The second-order valence-corrected chi connectivity index (χ2v) is 5.49. The van der Waals surface area contributed by atoms with Crippen molar-refractivity contribution in [3.8, 4) is 0 Å². The first-order valence-corrected chi connectivity index (χ1v) is 6.27. The highest BCUT2D eigenvalue weighted by Gasteiger charge is 2.53. The van der Waals surface area contributed by atoms with E-state index >= 15 is 0 Å². The highest BCUT2D eigenvalue weighted by Crippen LogP contribution is 2.53. The van der Waals surface area contributed by atoms with Crippen LogP contribution in [-0.4, -0.2) is 23.9 Å². The van der Waals surface area contributed by atoms with Gasteiger partial charge in [-0.15, -0.1) is 0 Å². The van der Waals surface area contributed by atoms with E-state index in [-0.39, 0.29) is 0 Å². The molecule has 0 N–H and O–H groups in total. The van der Waals surface area contributed by atoms with Crippen molar-refractivity contribution in [2.75, 3.05) is 13.1 Å². The molecule has 2 fully saturated rings. The Morgan fingerprint density at radius 3 is 2.73 bits per heavy atom. The number of nitrogens with zero attached hydrogens (tertiary/aromatic N) is 1. The van der Waals surface area contributed by atoms with Crippen molar-refractivity contribution < 1.29 is 4.79 Å². The summed E-state index contributed by atoms with van der Waals surface area (Å²) in [5.41, 5.74) is 1.70. The zero-order valence-electron chi connectivity index (χ0n) is 9.30. The monoisotopic (exact) mass is 205 g/mol. The van der Waals surface area contributed by atoms with E-state index in [4.69, 9.17) is 0 Å². The summed E-state index contributed by atoms with van der Waals surface area (Å²) in [7, 11) is 0. The fraction of sp³-hybridized carbons (Fsp3) is 0.769. The van der Waals surface area contributed by atoms with E-state index in [1.54, 1.807) is 0 Å². The molecule has 15 heavy (non-hydrogen) atoms. The minimum atomic E-state index is 0.342. The Bertz CT molecular complexity index is 306. The summed E-state index contributed by atoms with van der Waals surface area (Å²) in [5.74, 6) is 0.342. The topological polar surface area (TPSA) is 20.3 Å². The van der Waals surface area contributed by atoms with Gasteiger partial charge in [0.2, 0.25) is 5.91 Å². The largest absolute Gasteiger partial charge is 0.338 e. The number of allylic oxidation sites excluding steroid dienone is 1. The maximum atomic E-state index is 12.1. The summed E-state index contributed by atoms with van der Waals surface area (Å²) in [6.45, 7) is 2.09. The molecule has 0 aromatic rings. The van der Waals surface area contributed by atoms with Gasteiger partial charge in [-0.3, -0.25) is 4.79 Å². The van der Waals surface area contributed by atoms with Crippen LogP contribution in [-0.2, 0) is 4.79 Å². The van der Waals surface area contributed by atoms with Crippen molar-refractivity contribution in [2.45, 2.75) is 44.9 Å². The average Bonchev–Trinajstić information content (AvgIpc) is 2.99. The van der Waals surface area contributed by atoms with Gasteiger partial charge in [-0.2, -0.15) is 0 Å². The molecule has 1 aliphatic heterocycles. The predicted octanol–water partition coefficient (Wildman–Crippen LogP) is 2.50. The first-order valence-electron chi connectivity index (χ1n) is 6.27. The first kappa shape index (κ1) is 9.44. The molecular weight excluding hydrogens is 186 g/mol. The lowest BCUT2D eigenvalue weighted by Crippen LogP contribution is -2.51. The van der Waals surface area contributed by atoms with Crippen LogP contribution in [0.1, 0.15) is 44.9 Å². The summed E-state index contributed by atoms with van der Waals surface area (Å²) in [6, 6.07) is 0. The van der Waals surface area contributed by atoms with Gasteiger partial charge in [-0.1, -0.05) is 12.5 Å². The van der Waals surface area contributed by atoms with Gasteiger partial charge in [0.25, 0.3) is 0 Å². The molecule has 1 saturated heterocycles. The van der Waals surface area contributed by atoms with Gasteiger partial charge in [0.05, 0.1) is 0 Å².